The summed E-state index contributed by atoms with van der Waals surface area (Å²) >= 11 is 0. The number of ether oxygens (including phenoxy) is 1. The second kappa shape index (κ2) is 9.77. The largest absolute Gasteiger partial charge is 0.494 e. The van der Waals surface area contributed by atoms with Crippen molar-refractivity contribution < 1.29 is 27.2 Å². The van der Waals surface area contributed by atoms with Crippen LogP contribution >= 0.6 is 0 Å². The monoisotopic (exact) mass is 435 g/mol. The van der Waals surface area contributed by atoms with Crippen LogP contribution in [0.15, 0.2) is 47.1 Å². The molecule has 1 aliphatic rings. The molecule has 0 saturated carbocycles. The van der Waals surface area contributed by atoms with Crippen molar-refractivity contribution in [3.05, 3.63) is 54.0 Å². The fraction of sp³-hybridized carbons (Fsp3) is 0.400. The first-order valence-corrected chi connectivity index (χ1v) is 11.3. The van der Waals surface area contributed by atoms with Crippen molar-refractivity contribution >= 4 is 21.8 Å². The third kappa shape index (κ3) is 5.39. The van der Waals surface area contributed by atoms with Crippen molar-refractivity contribution in [2.24, 2.45) is 0 Å². The zero-order valence-corrected chi connectivity index (χ0v) is 17.6. The lowest BCUT2D eigenvalue weighted by Gasteiger charge is -2.33. The first-order chi connectivity index (χ1) is 14.4. The minimum Gasteiger partial charge on any atom is -0.494 e. The van der Waals surface area contributed by atoms with E-state index in [9.17, 15) is 18.0 Å². The van der Waals surface area contributed by atoms with Crippen LogP contribution in [0.25, 0.3) is 0 Å². The highest BCUT2D eigenvalue weighted by molar-refractivity contribution is 7.89. The number of amides is 2. The average molecular weight is 436 g/mol. The summed E-state index contributed by atoms with van der Waals surface area (Å²) in [6, 6.07) is 9.86. The van der Waals surface area contributed by atoms with Gasteiger partial charge in [-0.25, -0.2) is 8.42 Å². The number of hydrogen-bond acceptors (Lipinski definition) is 6. The number of nitrogens with one attached hydrogen (secondary N) is 1. The first kappa shape index (κ1) is 21.8. The van der Waals surface area contributed by atoms with Crippen LogP contribution in [-0.4, -0.2) is 74.5 Å². The van der Waals surface area contributed by atoms with Crippen LogP contribution < -0.4 is 10.1 Å². The van der Waals surface area contributed by atoms with Gasteiger partial charge in [-0.3, -0.25) is 9.59 Å². The van der Waals surface area contributed by atoms with Gasteiger partial charge in [-0.15, -0.1) is 0 Å². The zero-order valence-electron chi connectivity index (χ0n) is 16.7. The summed E-state index contributed by atoms with van der Waals surface area (Å²) in [5, 5.41) is 2.63. The molecule has 10 heteroatoms. The second-order valence-electron chi connectivity index (χ2n) is 6.70. The van der Waals surface area contributed by atoms with E-state index in [1.807, 2.05) is 6.92 Å². The molecule has 2 aromatic rings. The molecule has 2 heterocycles. The Morgan fingerprint density at radius 3 is 2.40 bits per heavy atom. The van der Waals surface area contributed by atoms with Crippen LogP contribution in [-0.2, 0) is 10.0 Å². The predicted octanol–water partition coefficient (Wildman–Crippen LogP) is 1.20. The van der Waals surface area contributed by atoms with E-state index in [4.69, 9.17) is 9.15 Å². The maximum Gasteiger partial charge on any atom is 0.289 e. The Morgan fingerprint density at radius 1 is 1.10 bits per heavy atom. The molecule has 0 spiro atoms. The first-order valence-electron chi connectivity index (χ1n) is 9.72. The number of carbonyl (C=O) groups excluding carboxylic acids is 2. The summed E-state index contributed by atoms with van der Waals surface area (Å²) in [7, 11) is -3.54. The molecule has 0 atom stereocenters. The van der Waals surface area contributed by atoms with E-state index in [2.05, 4.69) is 5.32 Å². The number of sulfonamides is 1. The minimum atomic E-state index is -3.54. The van der Waals surface area contributed by atoms with E-state index in [0.29, 0.717) is 17.9 Å². The van der Waals surface area contributed by atoms with Gasteiger partial charge in [-0.2, -0.15) is 4.31 Å². The van der Waals surface area contributed by atoms with Gasteiger partial charge < -0.3 is 19.4 Å². The van der Waals surface area contributed by atoms with Crippen molar-refractivity contribution in [2.45, 2.75) is 6.92 Å². The molecule has 9 nitrogen and oxygen atoms in total. The smallest absolute Gasteiger partial charge is 0.289 e. The lowest BCUT2D eigenvalue weighted by Crippen LogP contribution is -2.51. The molecule has 1 fully saturated rings. The SMILES string of the molecule is CCOc1ccc(C(=O)NCCS(=O)(=O)N2CCN(C(=O)c3ccco3)CC2)cc1. The maximum absolute atomic E-state index is 12.6. The maximum atomic E-state index is 12.6. The summed E-state index contributed by atoms with van der Waals surface area (Å²) in [6.45, 7) is 3.41. The molecule has 1 aromatic carbocycles. The lowest BCUT2D eigenvalue weighted by molar-refractivity contribution is 0.0665. The highest BCUT2D eigenvalue weighted by atomic mass is 32.2. The minimum absolute atomic E-state index is 0.0000811. The Kier molecular flexibility index (Phi) is 7.11. The molecule has 1 N–H and O–H groups in total. The van der Waals surface area contributed by atoms with Crippen molar-refractivity contribution in [3.8, 4) is 5.75 Å². The van der Waals surface area contributed by atoms with Crippen LogP contribution in [0.5, 0.6) is 5.75 Å². The molecule has 2 amide bonds. The van der Waals surface area contributed by atoms with Gasteiger partial charge in [-0.1, -0.05) is 0 Å². The van der Waals surface area contributed by atoms with Crippen molar-refractivity contribution in [1.82, 2.24) is 14.5 Å². The molecule has 30 heavy (non-hydrogen) atoms. The summed E-state index contributed by atoms with van der Waals surface area (Å²) < 4.78 is 36.9. The number of piperazine rings is 1. The Morgan fingerprint density at radius 2 is 1.80 bits per heavy atom. The molecule has 1 saturated heterocycles. The molecule has 1 aliphatic heterocycles. The Hall–Kier alpha value is -2.85. The molecule has 0 unspecified atom stereocenters. The van der Waals surface area contributed by atoms with Crippen molar-refractivity contribution in [3.63, 3.8) is 0 Å². The summed E-state index contributed by atoms with van der Waals surface area (Å²) in [5.74, 6) is 0.105. The van der Waals surface area contributed by atoms with Gasteiger partial charge in [0.1, 0.15) is 5.75 Å². The summed E-state index contributed by atoms with van der Waals surface area (Å²) in [6.07, 6.45) is 1.43. The third-order valence-corrected chi connectivity index (χ3v) is 6.60. The van der Waals surface area contributed by atoms with E-state index in [1.54, 1.807) is 41.3 Å². The number of benzene rings is 1. The predicted molar refractivity (Wildman–Crippen MR) is 110 cm³/mol. The highest BCUT2D eigenvalue weighted by Crippen LogP contribution is 2.13. The molecule has 0 bridgehead atoms. The van der Waals surface area contributed by atoms with Crippen molar-refractivity contribution in [2.75, 3.05) is 45.1 Å². The normalized spacial score (nSPS) is 15.0. The molecule has 1 aromatic heterocycles. The van der Waals surface area contributed by atoms with Gasteiger partial charge in [0.2, 0.25) is 10.0 Å². The topological polar surface area (TPSA) is 109 Å². The van der Waals surface area contributed by atoms with E-state index in [1.165, 1.54) is 10.6 Å². The van der Waals surface area contributed by atoms with Crippen molar-refractivity contribution in [1.29, 1.82) is 0 Å². The fourth-order valence-corrected chi connectivity index (χ4v) is 4.46. The highest BCUT2D eigenvalue weighted by Gasteiger charge is 2.29. The van der Waals surface area contributed by atoms with Gasteiger partial charge in [0.05, 0.1) is 18.6 Å². The number of hydrogen-bond donors (Lipinski definition) is 1. The third-order valence-electron chi connectivity index (χ3n) is 4.72. The lowest BCUT2D eigenvalue weighted by atomic mass is 10.2. The summed E-state index contributed by atoms with van der Waals surface area (Å²) in [5.41, 5.74) is 0.431. The molecule has 162 valence electrons. The Labute approximate surface area is 175 Å². The van der Waals surface area contributed by atoms with Crippen LogP contribution in [0.4, 0.5) is 0 Å². The van der Waals surface area contributed by atoms with Crippen LogP contribution in [0.3, 0.4) is 0 Å². The van der Waals surface area contributed by atoms with Gasteiger partial charge in [0, 0.05) is 38.3 Å². The van der Waals surface area contributed by atoms with Gasteiger partial charge >= 0.3 is 0 Å². The fourth-order valence-electron chi connectivity index (χ4n) is 3.12. The molecular formula is C20H25N3O6S. The number of nitrogens with zero attached hydrogens (tertiary/aromatic N) is 2. The molecular weight excluding hydrogens is 410 g/mol. The van der Waals surface area contributed by atoms with Crippen LogP contribution in [0.1, 0.15) is 27.8 Å². The zero-order chi connectivity index (χ0) is 21.6. The van der Waals surface area contributed by atoms with E-state index >= 15 is 0 Å². The molecule has 0 radical (unpaired) electrons. The van der Waals surface area contributed by atoms with E-state index in [0.717, 1.165) is 0 Å². The quantitative estimate of drug-likeness (QED) is 0.667. The Bertz CT molecular complexity index is 949. The van der Waals surface area contributed by atoms with E-state index < -0.39 is 10.0 Å². The van der Waals surface area contributed by atoms with Gasteiger partial charge in [0.15, 0.2) is 5.76 Å². The van der Waals surface area contributed by atoms with Crippen LogP contribution in [0.2, 0.25) is 0 Å². The second-order valence-corrected chi connectivity index (χ2v) is 8.79. The van der Waals surface area contributed by atoms with E-state index in [-0.39, 0.29) is 56.1 Å². The summed E-state index contributed by atoms with van der Waals surface area (Å²) in [4.78, 5) is 26.0. The number of carbonyl (C=O) groups is 2. The number of rotatable bonds is 8. The average Bonchev–Trinajstić information content (AvgIpc) is 3.29. The van der Waals surface area contributed by atoms with Crippen LogP contribution in [0, 0.1) is 0 Å². The number of furan rings is 1. The molecule has 0 aliphatic carbocycles. The standard InChI is InChI=1S/C20H25N3O6S/c1-2-28-17-7-5-16(6-8-17)19(24)21-9-15-30(26,27)23-12-10-22(11-13-23)20(25)18-4-3-14-29-18/h3-8,14H,2,9-13,15H2,1H3,(H,21,24). The van der Waals surface area contributed by atoms with Gasteiger partial charge in [-0.05, 0) is 43.3 Å². The Balaban J connectivity index is 1.45. The molecule has 3 rings (SSSR count). The van der Waals surface area contributed by atoms with Gasteiger partial charge in [0.25, 0.3) is 11.8 Å².